The zero-order chi connectivity index (χ0) is 13.2. The predicted molar refractivity (Wildman–Crippen MR) is 72.5 cm³/mol. The van der Waals surface area contributed by atoms with Crippen LogP contribution in [0.1, 0.15) is 12.8 Å². The maximum Gasteiger partial charge on any atom is 0.404 e. The lowest BCUT2D eigenvalue weighted by Crippen LogP contribution is -2.44. The first-order valence-electron chi connectivity index (χ1n) is 6.40. The largest absolute Gasteiger partial charge is 0.465 e. The van der Waals surface area contributed by atoms with E-state index in [4.69, 9.17) is 5.11 Å². The lowest BCUT2D eigenvalue weighted by Gasteiger charge is -2.32. The van der Waals surface area contributed by atoms with Gasteiger partial charge in [-0.3, -0.25) is 4.98 Å². The molecule has 1 saturated heterocycles. The fraction of sp³-hybridized carbons (Fsp3) is 0.385. The molecule has 0 saturated carbocycles. The smallest absolute Gasteiger partial charge is 0.404 e. The van der Waals surface area contributed by atoms with Gasteiger partial charge >= 0.3 is 6.09 Å². The van der Waals surface area contributed by atoms with Crippen molar-refractivity contribution in [2.75, 3.05) is 18.0 Å². The van der Waals surface area contributed by atoms with Crippen molar-refractivity contribution in [3.8, 4) is 0 Å². The number of carbonyl (C=O) groups is 1. The van der Waals surface area contributed by atoms with Crippen molar-refractivity contribution in [2.45, 2.75) is 18.9 Å². The number of hydrogen-bond donors (Lipinski definition) is 3. The van der Waals surface area contributed by atoms with Gasteiger partial charge in [0.1, 0.15) is 5.52 Å². The molecular formula is C13H16N4O2. The second kappa shape index (κ2) is 4.79. The predicted octanol–water partition coefficient (Wildman–Crippen LogP) is 1.80. The van der Waals surface area contributed by atoms with E-state index in [1.54, 1.807) is 6.20 Å². The van der Waals surface area contributed by atoms with Gasteiger partial charge in [0.15, 0.2) is 0 Å². The molecule has 0 atom stereocenters. The molecule has 0 bridgehead atoms. The second-order valence-corrected chi connectivity index (χ2v) is 4.78. The van der Waals surface area contributed by atoms with E-state index in [2.05, 4.69) is 20.2 Å². The van der Waals surface area contributed by atoms with E-state index in [9.17, 15) is 4.79 Å². The first-order valence-corrected chi connectivity index (χ1v) is 6.40. The maximum absolute atomic E-state index is 10.6. The van der Waals surface area contributed by atoms with E-state index in [-0.39, 0.29) is 6.04 Å². The van der Waals surface area contributed by atoms with Crippen LogP contribution in [0.3, 0.4) is 0 Å². The van der Waals surface area contributed by atoms with Crippen LogP contribution >= 0.6 is 0 Å². The van der Waals surface area contributed by atoms with Crippen LogP contribution in [0.15, 0.2) is 24.5 Å². The highest BCUT2D eigenvalue weighted by atomic mass is 16.4. The number of nitrogens with zero attached hydrogens (tertiary/aromatic N) is 2. The number of hydrogen-bond acceptors (Lipinski definition) is 3. The fourth-order valence-corrected chi connectivity index (χ4v) is 2.62. The minimum absolute atomic E-state index is 0.0620. The molecule has 100 valence electrons. The van der Waals surface area contributed by atoms with E-state index in [1.807, 2.05) is 18.3 Å². The summed E-state index contributed by atoms with van der Waals surface area (Å²) in [6, 6.07) is 3.97. The van der Waals surface area contributed by atoms with Crippen molar-refractivity contribution >= 4 is 22.8 Å². The first kappa shape index (κ1) is 11.8. The molecule has 0 radical (unpaired) electrons. The molecular weight excluding hydrogens is 244 g/mol. The van der Waals surface area contributed by atoms with Crippen molar-refractivity contribution in [3.05, 3.63) is 24.5 Å². The van der Waals surface area contributed by atoms with Crippen molar-refractivity contribution in [3.63, 3.8) is 0 Å². The minimum atomic E-state index is -0.938. The molecule has 0 unspecified atom stereocenters. The van der Waals surface area contributed by atoms with E-state index in [0.717, 1.165) is 42.7 Å². The number of anilines is 1. The molecule has 3 heterocycles. The molecule has 2 aromatic heterocycles. The molecule has 1 amide bonds. The molecule has 1 aliphatic rings. The van der Waals surface area contributed by atoms with Crippen molar-refractivity contribution in [1.29, 1.82) is 0 Å². The molecule has 2 aromatic rings. The molecule has 19 heavy (non-hydrogen) atoms. The maximum atomic E-state index is 10.6. The van der Waals surface area contributed by atoms with Crippen LogP contribution in [-0.4, -0.2) is 40.3 Å². The number of aromatic amines is 1. The summed E-state index contributed by atoms with van der Waals surface area (Å²) in [5.41, 5.74) is 3.11. The number of amides is 1. The van der Waals surface area contributed by atoms with E-state index < -0.39 is 6.09 Å². The third-order valence-electron chi connectivity index (χ3n) is 3.58. The summed E-state index contributed by atoms with van der Waals surface area (Å²) >= 11 is 0. The van der Waals surface area contributed by atoms with Crippen LogP contribution in [0.5, 0.6) is 0 Å². The lowest BCUT2D eigenvalue weighted by atomic mass is 10.0. The molecule has 0 aliphatic carbocycles. The van der Waals surface area contributed by atoms with E-state index >= 15 is 0 Å². The number of rotatable bonds is 2. The number of H-pyrrole nitrogens is 1. The first-order chi connectivity index (χ1) is 9.24. The summed E-state index contributed by atoms with van der Waals surface area (Å²) in [5.74, 6) is 0. The standard InChI is InChI=1S/C13H16N4O2/c18-13(19)16-9-3-6-17(7-4-9)11-8-15-10-2-1-5-14-12(10)11/h1-2,5,8-9,15-16H,3-4,6-7H2,(H,18,19). The van der Waals surface area contributed by atoms with Gasteiger partial charge in [0.25, 0.3) is 0 Å². The van der Waals surface area contributed by atoms with Gasteiger partial charge in [0.05, 0.1) is 11.2 Å². The third-order valence-corrected chi connectivity index (χ3v) is 3.58. The quantitative estimate of drug-likeness (QED) is 0.769. The normalized spacial score (nSPS) is 16.7. The number of aromatic nitrogens is 2. The highest BCUT2D eigenvalue weighted by Gasteiger charge is 2.22. The highest BCUT2D eigenvalue weighted by Crippen LogP contribution is 2.27. The van der Waals surface area contributed by atoms with Gasteiger partial charge in [-0.25, -0.2) is 4.79 Å². The van der Waals surface area contributed by atoms with Crippen LogP contribution in [0.4, 0.5) is 10.5 Å². The van der Waals surface area contributed by atoms with Crippen LogP contribution in [0, 0.1) is 0 Å². The van der Waals surface area contributed by atoms with E-state index in [0.29, 0.717) is 0 Å². The summed E-state index contributed by atoms with van der Waals surface area (Å²) in [4.78, 5) is 20.5. The monoisotopic (exact) mass is 260 g/mol. The van der Waals surface area contributed by atoms with Crippen LogP contribution in [0.25, 0.3) is 11.0 Å². The average molecular weight is 260 g/mol. The average Bonchev–Trinajstić information content (AvgIpc) is 2.83. The second-order valence-electron chi connectivity index (χ2n) is 4.78. The highest BCUT2D eigenvalue weighted by molar-refractivity contribution is 5.89. The zero-order valence-electron chi connectivity index (χ0n) is 10.5. The number of fused-ring (bicyclic) bond motifs is 1. The Morgan fingerprint density at radius 3 is 3.00 bits per heavy atom. The molecule has 3 N–H and O–H groups in total. The van der Waals surface area contributed by atoms with Gasteiger partial charge in [0.2, 0.25) is 0 Å². The Morgan fingerprint density at radius 2 is 2.26 bits per heavy atom. The van der Waals surface area contributed by atoms with Gasteiger partial charge < -0.3 is 20.3 Å². The summed E-state index contributed by atoms with van der Waals surface area (Å²) in [7, 11) is 0. The van der Waals surface area contributed by atoms with Crippen molar-refractivity contribution < 1.29 is 9.90 Å². The van der Waals surface area contributed by atoms with Gasteiger partial charge in [-0.05, 0) is 25.0 Å². The molecule has 1 aliphatic heterocycles. The van der Waals surface area contributed by atoms with Crippen LogP contribution in [-0.2, 0) is 0 Å². The Kier molecular flexibility index (Phi) is 2.98. The summed E-state index contributed by atoms with van der Waals surface area (Å²) in [6.07, 6.45) is 4.48. The van der Waals surface area contributed by atoms with Gasteiger partial charge in [-0.1, -0.05) is 0 Å². The van der Waals surface area contributed by atoms with Crippen LogP contribution < -0.4 is 10.2 Å². The van der Waals surface area contributed by atoms with Gasteiger partial charge in [-0.2, -0.15) is 0 Å². The Labute approximate surface area is 110 Å². The van der Waals surface area contributed by atoms with Crippen LogP contribution in [0.2, 0.25) is 0 Å². The van der Waals surface area contributed by atoms with Gasteiger partial charge in [-0.15, -0.1) is 0 Å². The number of nitrogens with one attached hydrogen (secondary N) is 2. The molecule has 0 spiro atoms. The molecule has 1 fully saturated rings. The summed E-state index contributed by atoms with van der Waals surface area (Å²) in [6.45, 7) is 1.68. The van der Waals surface area contributed by atoms with Crippen molar-refractivity contribution in [2.24, 2.45) is 0 Å². The number of piperidine rings is 1. The topological polar surface area (TPSA) is 81.2 Å². The summed E-state index contributed by atoms with van der Waals surface area (Å²) < 4.78 is 0. The zero-order valence-corrected chi connectivity index (χ0v) is 10.5. The molecule has 3 rings (SSSR count). The Balaban J connectivity index is 1.73. The Morgan fingerprint density at radius 1 is 1.47 bits per heavy atom. The van der Waals surface area contributed by atoms with Gasteiger partial charge in [0, 0.05) is 31.5 Å². The Bertz CT molecular complexity index is 587. The van der Waals surface area contributed by atoms with E-state index in [1.165, 1.54) is 0 Å². The summed E-state index contributed by atoms with van der Waals surface area (Å²) in [5, 5.41) is 11.3. The number of carboxylic acid groups (broad SMARTS) is 1. The molecule has 0 aromatic carbocycles. The SMILES string of the molecule is O=C(O)NC1CCN(c2c[nH]c3cccnc23)CC1. The molecule has 6 heteroatoms. The number of pyridine rings is 1. The molecule has 6 nitrogen and oxygen atoms in total. The lowest BCUT2D eigenvalue weighted by molar-refractivity contribution is 0.187. The van der Waals surface area contributed by atoms with Crippen molar-refractivity contribution in [1.82, 2.24) is 15.3 Å². The third kappa shape index (κ3) is 2.33. The minimum Gasteiger partial charge on any atom is -0.465 e. The fourth-order valence-electron chi connectivity index (χ4n) is 2.62. The Hall–Kier alpha value is -2.24.